The molecule has 0 N–H and O–H groups in total. The molecule has 130 valence electrons. The zero-order chi connectivity index (χ0) is 18.2. The minimum absolute atomic E-state index is 1.04. The largest absolute Gasteiger partial charge is 0.673 e. The first-order chi connectivity index (χ1) is 11.3. The normalized spacial score (nSPS) is 11.3. The number of benzene rings is 1. The first-order valence-electron chi connectivity index (χ1n) is 7.93. The zero-order valence-corrected chi connectivity index (χ0v) is 14.1. The van der Waals surface area contributed by atoms with Crippen molar-refractivity contribution < 1.29 is 21.8 Å². The van der Waals surface area contributed by atoms with Crippen LogP contribution in [0.4, 0.5) is 17.3 Å². The van der Waals surface area contributed by atoms with E-state index in [0.717, 1.165) is 12.8 Å². The maximum Gasteiger partial charge on any atom is 0.673 e. The van der Waals surface area contributed by atoms with E-state index in [1.807, 2.05) is 0 Å². The number of halogens is 4. The molecule has 0 atom stereocenters. The molecule has 1 heterocycles. The monoisotopic (exact) mass is 339 g/mol. The molecule has 2 rings (SSSR count). The van der Waals surface area contributed by atoms with Crippen LogP contribution in [0.15, 0.2) is 48.5 Å². The van der Waals surface area contributed by atoms with E-state index in [-0.39, 0.29) is 0 Å². The number of aromatic nitrogens is 1. The summed E-state index contributed by atoms with van der Waals surface area (Å²) in [7, 11) is -6.00. The van der Waals surface area contributed by atoms with Gasteiger partial charge < -0.3 is 17.3 Å². The predicted octanol–water partition coefficient (Wildman–Crippen LogP) is 5.56. The Morgan fingerprint density at radius 3 is 1.71 bits per heavy atom. The molecule has 0 fully saturated rings. The molecule has 0 saturated heterocycles. The van der Waals surface area contributed by atoms with Crippen molar-refractivity contribution in [1.82, 2.24) is 0 Å². The van der Waals surface area contributed by atoms with Gasteiger partial charge in [-0.2, -0.15) is 4.57 Å². The second-order valence-electron chi connectivity index (χ2n) is 5.15. The fourth-order valence-electron chi connectivity index (χ4n) is 2.41. The topological polar surface area (TPSA) is 3.88 Å². The smallest absolute Gasteiger partial charge is 0.418 e. The van der Waals surface area contributed by atoms with E-state index in [1.165, 1.54) is 22.5 Å². The van der Waals surface area contributed by atoms with Crippen molar-refractivity contribution in [1.29, 1.82) is 0 Å². The lowest BCUT2D eigenvalue weighted by Gasteiger charge is -2.07. The van der Waals surface area contributed by atoms with E-state index in [0.29, 0.717) is 0 Å². The molecule has 24 heavy (non-hydrogen) atoms. The Kier molecular flexibility index (Phi) is 7.69. The van der Waals surface area contributed by atoms with Crippen molar-refractivity contribution in [3.8, 4) is 11.1 Å². The number of pyridine rings is 1. The number of allylic oxidation sites excluding steroid dienone is 1. The molecule has 0 aliphatic rings. The van der Waals surface area contributed by atoms with Crippen LogP contribution in [0.5, 0.6) is 0 Å². The summed E-state index contributed by atoms with van der Waals surface area (Å²) >= 11 is 0. The molecule has 1 aromatic carbocycles. The SMILES string of the molecule is C/C=C/[n+]1c(CC)cc(-c2ccccc2)cc1CC.F[B-](F)(F)F. The van der Waals surface area contributed by atoms with Crippen LogP contribution < -0.4 is 4.57 Å². The van der Waals surface area contributed by atoms with E-state index in [2.05, 4.69) is 80.1 Å². The van der Waals surface area contributed by atoms with Gasteiger partial charge in [0.2, 0.25) is 0 Å². The number of hydrogen-bond acceptors (Lipinski definition) is 0. The fourth-order valence-corrected chi connectivity index (χ4v) is 2.41. The number of aryl methyl sites for hydroxylation is 2. The van der Waals surface area contributed by atoms with Crippen LogP contribution in [-0.2, 0) is 12.8 Å². The molecule has 1 nitrogen and oxygen atoms in total. The highest BCUT2D eigenvalue weighted by atomic mass is 19.5. The lowest BCUT2D eigenvalue weighted by atomic mass is 10.0. The summed E-state index contributed by atoms with van der Waals surface area (Å²) < 4.78 is 41.3. The minimum Gasteiger partial charge on any atom is -0.418 e. The van der Waals surface area contributed by atoms with E-state index in [4.69, 9.17) is 0 Å². The highest BCUT2D eigenvalue weighted by Crippen LogP contribution is 2.20. The fraction of sp³-hybridized carbons (Fsp3) is 0.278. The second kappa shape index (κ2) is 9.25. The van der Waals surface area contributed by atoms with Gasteiger partial charge in [0.25, 0.3) is 0 Å². The molecular weight excluding hydrogens is 317 g/mol. The molecule has 0 aliphatic heterocycles. The first kappa shape index (κ1) is 19.9. The van der Waals surface area contributed by atoms with Crippen LogP contribution in [0.2, 0.25) is 0 Å². The molecule has 0 spiro atoms. The summed E-state index contributed by atoms with van der Waals surface area (Å²) in [5.41, 5.74) is 5.32. The summed E-state index contributed by atoms with van der Waals surface area (Å²) in [5, 5.41) is 0. The number of rotatable bonds is 4. The Morgan fingerprint density at radius 2 is 1.33 bits per heavy atom. The highest BCUT2D eigenvalue weighted by Gasteiger charge is 2.20. The van der Waals surface area contributed by atoms with Crippen molar-refractivity contribution >= 4 is 13.5 Å². The molecule has 0 bridgehead atoms. The maximum absolute atomic E-state index is 9.75. The highest BCUT2D eigenvalue weighted by molar-refractivity contribution is 6.50. The van der Waals surface area contributed by atoms with Gasteiger partial charge in [-0.05, 0) is 24.1 Å². The zero-order valence-electron chi connectivity index (χ0n) is 14.1. The van der Waals surface area contributed by atoms with E-state index >= 15 is 0 Å². The average Bonchev–Trinajstić information content (AvgIpc) is 2.54. The van der Waals surface area contributed by atoms with E-state index in [9.17, 15) is 17.3 Å². The summed E-state index contributed by atoms with van der Waals surface area (Å²) in [6.45, 7) is 6.49. The van der Waals surface area contributed by atoms with Crippen LogP contribution in [0.25, 0.3) is 17.3 Å². The Labute approximate surface area is 140 Å². The minimum atomic E-state index is -6.00. The van der Waals surface area contributed by atoms with Crippen molar-refractivity contribution in [2.45, 2.75) is 33.6 Å². The van der Waals surface area contributed by atoms with Gasteiger partial charge in [-0.3, -0.25) is 0 Å². The molecule has 6 heteroatoms. The first-order valence-corrected chi connectivity index (χ1v) is 7.93. The third-order valence-corrected chi connectivity index (χ3v) is 3.39. The third kappa shape index (κ3) is 6.56. The van der Waals surface area contributed by atoms with Gasteiger partial charge >= 0.3 is 7.25 Å². The maximum atomic E-state index is 9.75. The van der Waals surface area contributed by atoms with Crippen LogP contribution in [0, 0.1) is 0 Å². The lowest BCUT2D eigenvalue weighted by molar-refractivity contribution is -0.585. The van der Waals surface area contributed by atoms with Crippen molar-refractivity contribution in [3.05, 3.63) is 59.9 Å². The van der Waals surface area contributed by atoms with Crippen LogP contribution in [0.1, 0.15) is 32.2 Å². The molecule has 0 aliphatic carbocycles. The van der Waals surface area contributed by atoms with Gasteiger partial charge in [0.15, 0.2) is 17.6 Å². The summed E-state index contributed by atoms with van der Waals surface area (Å²) in [5.74, 6) is 0. The van der Waals surface area contributed by atoms with Gasteiger partial charge in [0.05, 0.1) is 0 Å². The van der Waals surface area contributed by atoms with Crippen molar-refractivity contribution in [2.75, 3.05) is 0 Å². The molecule has 0 amide bonds. The van der Waals surface area contributed by atoms with Crippen molar-refractivity contribution in [3.63, 3.8) is 0 Å². The lowest BCUT2D eigenvalue weighted by Crippen LogP contribution is -2.36. The Balaban J connectivity index is 0.000000505. The van der Waals surface area contributed by atoms with Gasteiger partial charge in [-0.25, -0.2) is 0 Å². The summed E-state index contributed by atoms with van der Waals surface area (Å²) in [6, 6.07) is 15.2. The summed E-state index contributed by atoms with van der Waals surface area (Å²) in [6.07, 6.45) is 6.34. The molecule has 0 unspecified atom stereocenters. The van der Waals surface area contributed by atoms with Crippen LogP contribution in [0.3, 0.4) is 0 Å². The van der Waals surface area contributed by atoms with Crippen LogP contribution >= 0.6 is 0 Å². The van der Waals surface area contributed by atoms with Gasteiger partial charge in [-0.1, -0.05) is 44.2 Å². The second-order valence-corrected chi connectivity index (χ2v) is 5.15. The molecule has 1 aromatic heterocycles. The number of hydrogen-bond donors (Lipinski definition) is 0. The Hall–Kier alpha value is -2.11. The van der Waals surface area contributed by atoms with Gasteiger partial charge in [0, 0.05) is 25.0 Å². The molecule has 0 radical (unpaired) electrons. The predicted molar refractivity (Wildman–Crippen MR) is 92.0 cm³/mol. The van der Waals surface area contributed by atoms with Gasteiger partial charge in [-0.15, -0.1) is 0 Å². The summed E-state index contributed by atoms with van der Waals surface area (Å²) in [4.78, 5) is 0. The Morgan fingerprint density at radius 1 is 0.875 bits per heavy atom. The third-order valence-electron chi connectivity index (χ3n) is 3.39. The Bertz CT molecular complexity index is 635. The van der Waals surface area contributed by atoms with Gasteiger partial charge in [0.1, 0.15) is 0 Å². The van der Waals surface area contributed by atoms with Crippen molar-refractivity contribution in [2.24, 2.45) is 0 Å². The molecule has 0 saturated carbocycles. The van der Waals surface area contributed by atoms with E-state index in [1.54, 1.807) is 0 Å². The van der Waals surface area contributed by atoms with E-state index < -0.39 is 7.25 Å². The molecular formula is C18H22BF4N. The standard InChI is InChI=1S/C18H22N.BF4/c1-4-12-19-17(5-2)13-16(14-18(19)6-3)15-10-8-7-9-11-15;2-1(3,4)5/h4,7-14H,5-6H2,1-3H3;/q+1;-1/b12-4+;. The quantitative estimate of drug-likeness (QED) is 0.390. The molecule has 2 aromatic rings. The number of nitrogens with zero attached hydrogens (tertiary/aromatic N) is 1. The average molecular weight is 339 g/mol. The van der Waals surface area contributed by atoms with Crippen LogP contribution in [-0.4, -0.2) is 7.25 Å².